The number of anilines is 2. The second-order valence-electron chi connectivity index (χ2n) is 6.71. The van der Waals surface area contributed by atoms with Crippen LogP contribution in [0.1, 0.15) is 38.2 Å². The summed E-state index contributed by atoms with van der Waals surface area (Å²) < 4.78 is 38.8. The normalized spacial score (nSPS) is 25.6. The van der Waals surface area contributed by atoms with Crippen LogP contribution >= 0.6 is 0 Å². The number of carbonyl (C=O) groups is 2. The second kappa shape index (κ2) is 6.11. The number of alkyl halides is 3. The van der Waals surface area contributed by atoms with Crippen molar-refractivity contribution < 1.29 is 22.8 Å². The van der Waals surface area contributed by atoms with E-state index in [1.54, 1.807) is 0 Å². The molecule has 2 bridgehead atoms. The van der Waals surface area contributed by atoms with Crippen molar-refractivity contribution in [2.45, 2.75) is 38.8 Å². The fourth-order valence-electron chi connectivity index (χ4n) is 3.91. The number of fused-ring (bicyclic) bond motifs is 2. The molecule has 0 saturated heterocycles. The van der Waals surface area contributed by atoms with Crippen LogP contribution in [0.15, 0.2) is 18.2 Å². The SMILES string of the molecule is CC(=O)Nc1ccc(C(F)(F)F)cc1NC(=O)C1CC2CCC1C2. The average Bonchev–Trinajstić information content (AvgIpc) is 3.10. The van der Waals surface area contributed by atoms with Crippen molar-refractivity contribution in [3.05, 3.63) is 23.8 Å². The van der Waals surface area contributed by atoms with Crippen LogP contribution in [0.3, 0.4) is 0 Å². The lowest BCUT2D eigenvalue weighted by atomic mass is 9.88. The van der Waals surface area contributed by atoms with Crippen LogP contribution < -0.4 is 10.6 Å². The fraction of sp³-hybridized carbons (Fsp3) is 0.529. The smallest absolute Gasteiger partial charge is 0.325 e. The molecule has 2 aliphatic carbocycles. The highest BCUT2D eigenvalue weighted by atomic mass is 19.4. The van der Waals surface area contributed by atoms with E-state index in [1.165, 1.54) is 13.0 Å². The highest BCUT2D eigenvalue weighted by molar-refractivity contribution is 6.00. The lowest BCUT2D eigenvalue weighted by Gasteiger charge is -2.22. The van der Waals surface area contributed by atoms with Crippen molar-refractivity contribution in [1.82, 2.24) is 0 Å². The summed E-state index contributed by atoms with van der Waals surface area (Å²) in [5, 5.41) is 5.06. The number of rotatable bonds is 3. The van der Waals surface area contributed by atoms with E-state index in [-0.39, 0.29) is 23.2 Å². The first-order chi connectivity index (χ1) is 11.2. The Kier molecular flexibility index (Phi) is 4.27. The number of carbonyl (C=O) groups excluding carboxylic acids is 2. The summed E-state index contributed by atoms with van der Waals surface area (Å²) in [7, 11) is 0. The van der Waals surface area contributed by atoms with Crippen LogP contribution in [0.25, 0.3) is 0 Å². The Morgan fingerprint density at radius 1 is 1.08 bits per heavy atom. The van der Waals surface area contributed by atoms with Gasteiger partial charge >= 0.3 is 6.18 Å². The average molecular weight is 340 g/mol. The molecule has 2 fully saturated rings. The number of nitrogens with one attached hydrogen (secondary N) is 2. The van der Waals surface area contributed by atoms with Gasteiger partial charge in [-0.1, -0.05) is 6.42 Å². The Hall–Kier alpha value is -2.05. The lowest BCUT2D eigenvalue weighted by molar-refractivity contribution is -0.137. The van der Waals surface area contributed by atoms with Gasteiger partial charge in [0.15, 0.2) is 0 Å². The molecular formula is C17H19F3N2O2. The third kappa shape index (κ3) is 3.39. The zero-order chi connectivity index (χ0) is 17.5. The minimum atomic E-state index is -4.51. The Bertz CT molecular complexity index is 672. The molecule has 0 radical (unpaired) electrons. The van der Waals surface area contributed by atoms with E-state index in [0.29, 0.717) is 11.8 Å². The molecule has 7 heteroatoms. The molecule has 130 valence electrons. The first-order valence-electron chi connectivity index (χ1n) is 8.03. The molecule has 2 amide bonds. The minimum Gasteiger partial charge on any atom is -0.325 e. The standard InChI is InChI=1S/C17H19F3N2O2/c1-9(23)21-14-5-4-12(17(18,19)20)8-15(14)22-16(24)13-7-10-2-3-11(13)6-10/h4-5,8,10-11,13H,2-3,6-7H2,1H3,(H,21,23)(H,22,24). The van der Waals surface area contributed by atoms with Gasteiger partial charge in [-0.05, 0) is 49.3 Å². The summed E-state index contributed by atoms with van der Waals surface area (Å²) in [6.07, 6.45) is -0.552. The fourth-order valence-corrected chi connectivity index (χ4v) is 3.91. The Balaban J connectivity index is 1.83. The summed E-state index contributed by atoms with van der Waals surface area (Å²) in [4.78, 5) is 23.7. The van der Waals surface area contributed by atoms with Crippen molar-refractivity contribution in [2.24, 2.45) is 17.8 Å². The topological polar surface area (TPSA) is 58.2 Å². The quantitative estimate of drug-likeness (QED) is 0.872. The molecule has 2 saturated carbocycles. The van der Waals surface area contributed by atoms with Gasteiger partial charge in [-0.2, -0.15) is 13.2 Å². The third-order valence-electron chi connectivity index (χ3n) is 4.99. The van der Waals surface area contributed by atoms with Crippen LogP contribution in [-0.4, -0.2) is 11.8 Å². The molecule has 1 aromatic carbocycles. The molecule has 3 rings (SSSR count). The van der Waals surface area contributed by atoms with Crippen molar-refractivity contribution in [3.8, 4) is 0 Å². The second-order valence-corrected chi connectivity index (χ2v) is 6.71. The molecule has 0 aliphatic heterocycles. The van der Waals surface area contributed by atoms with Crippen molar-refractivity contribution in [1.29, 1.82) is 0 Å². The molecular weight excluding hydrogens is 321 g/mol. The summed E-state index contributed by atoms with van der Waals surface area (Å²) >= 11 is 0. The summed E-state index contributed by atoms with van der Waals surface area (Å²) in [6.45, 7) is 1.26. The van der Waals surface area contributed by atoms with E-state index in [9.17, 15) is 22.8 Å². The number of hydrogen-bond donors (Lipinski definition) is 2. The van der Waals surface area contributed by atoms with Gasteiger partial charge < -0.3 is 10.6 Å². The van der Waals surface area contributed by atoms with Gasteiger partial charge in [-0.3, -0.25) is 9.59 Å². The Labute approximate surface area is 137 Å². The monoisotopic (exact) mass is 340 g/mol. The number of benzene rings is 1. The number of halogens is 3. The molecule has 0 spiro atoms. The first-order valence-corrected chi connectivity index (χ1v) is 8.03. The van der Waals surface area contributed by atoms with Gasteiger partial charge in [0.25, 0.3) is 0 Å². The maximum absolute atomic E-state index is 12.9. The zero-order valence-corrected chi connectivity index (χ0v) is 13.2. The van der Waals surface area contributed by atoms with Crippen molar-refractivity contribution in [3.63, 3.8) is 0 Å². The predicted molar refractivity (Wildman–Crippen MR) is 83.3 cm³/mol. The largest absolute Gasteiger partial charge is 0.416 e. The molecule has 0 heterocycles. The van der Waals surface area contributed by atoms with Gasteiger partial charge in [0.1, 0.15) is 0 Å². The number of amides is 2. The molecule has 2 aliphatic rings. The first kappa shape index (κ1) is 16.8. The maximum atomic E-state index is 12.9. The van der Waals surface area contributed by atoms with Gasteiger partial charge in [0.05, 0.1) is 16.9 Å². The van der Waals surface area contributed by atoms with Gasteiger partial charge in [-0.15, -0.1) is 0 Å². The minimum absolute atomic E-state index is 0.00667. The van der Waals surface area contributed by atoms with Crippen molar-refractivity contribution >= 4 is 23.2 Å². The highest BCUT2D eigenvalue weighted by Crippen LogP contribution is 2.48. The molecule has 0 aromatic heterocycles. The van der Waals surface area contributed by atoms with Gasteiger partial charge in [0.2, 0.25) is 11.8 Å². The van der Waals surface area contributed by atoms with E-state index in [2.05, 4.69) is 10.6 Å². The molecule has 1 aromatic rings. The zero-order valence-electron chi connectivity index (χ0n) is 13.2. The summed E-state index contributed by atoms with van der Waals surface area (Å²) in [5.74, 6) is 0.0638. The maximum Gasteiger partial charge on any atom is 0.416 e. The lowest BCUT2D eigenvalue weighted by Crippen LogP contribution is -2.28. The predicted octanol–water partition coefficient (Wildman–Crippen LogP) is 4.04. The third-order valence-corrected chi connectivity index (χ3v) is 4.99. The number of hydrogen-bond acceptors (Lipinski definition) is 2. The van der Waals surface area contributed by atoms with Gasteiger partial charge in [-0.25, -0.2) is 0 Å². The summed E-state index contributed by atoms with van der Waals surface area (Å²) in [5.41, 5.74) is -0.695. The Morgan fingerprint density at radius 3 is 2.38 bits per heavy atom. The summed E-state index contributed by atoms with van der Waals surface area (Å²) in [6, 6.07) is 2.93. The molecule has 3 atom stereocenters. The van der Waals surface area contributed by atoms with E-state index < -0.39 is 17.6 Å². The van der Waals surface area contributed by atoms with Gasteiger partial charge in [0, 0.05) is 12.8 Å². The van der Waals surface area contributed by atoms with Crippen LogP contribution in [0.5, 0.6) is 0 Å². The Morgan fingerprint density at radius 2 is 1.83 bits per heavy atom. The van der Waals surface area contributed by atoms with E-state index in [0.717, 1.165) is 37.8 Å². The van der Waals surface area contributed by atoms with Crippen LogP contribution in [0.4, 0.5) is 24.5 Å². The van der Waals surface area contributed by atoms with E-state index in [1.807, 2.05) is 0 Å². The van der Waals surface area contributed by atoms with Crippen molar-refractivity contribution in [2.75, 3.05) is 10.6 Å². The van der Waals surface area contributed by atoms with Crippen LogP contribution in [0, 0.1) is 17.8 Å². The highest BCUT2D eigenvalue weighted by Gasteiger charge is 2.43. The molecule has 4 nitrogen and oxygen atoms in total. The molecule has 2 N–H and O–H groups in total. The van der Waals surface area contributed by atoms with E-state index >= 15 is 0 Å². The molecule has 24 heavy (non-hydrogen) atoms. The van der Waals surface area contributed by atoms with E-state index in [4.69, 9.17) is 0 Å². The van der Waals surface area contributed by atoms with Crippen LogP contribution in [0.2, 0.25) is 0 Å². The molecule has 3 unspecified atom stereocenters. The van der Waals surface area contributed by atoms with Crippen LogP contribution in [-0.2, 0) is 15.8 Å².